The minimum absolute atomic E-state index is 0.0158. The Kier molecular flexibility index (Phi) is 2.68. The van der Waals surface area contributed by atoms with Crippen LogP contribution in [-0.4, -0.2) is 31.9 Å². The largest absolute Gasteiger partial charge is 0.480 e. The molecule has 0 atom stereocenters. The molecule has 0 fully saturated rings. The summed E-state index contributed by atoms with van der Waals surface area (Å²) >= 11 is 1.22. The van der Waals surface area contributed by atoms with E-state index in [2.05, 4.69) is 9.36 Å². The standard InChI is InChI=1S/C12H9N3O3S/c1-18-9-6-8(19-14-9)10-7-4-2-3-5-15(7)11(13-10)12(16)17/h2-6H,1H3,(H,16,17). The summed E-state index contributed by atoms with van der Waals surface area (Å²) in [7, 11) is 1.53. The molecule has 3 aromatic heterocycles. The van der Waals surface area contributed by atoms with Gasteiger partial charge in [0.2, 0.25) is 11.7 Å². The van der Waals surface area contributed by atoms with Gasteiger partial charge in [-0.05, 0) is 23.7 Å². The molecule has 7 heteroatoms. The van der Waals surface area contributed by atoms with Crippen LogP contribution in [0.4, 0.5) is 0 Å². The first kappa shape index (κ1) is 11.7. The Balaban J connectivity index is 2.26. The molecular formula is C12H9N3O3S. The minimum Gasteiger partial charge on any atom is -0.480 e. The highest BCUT2D eigenvalue weighted by Crippen LogP contribution is 2.30. The van der Waals surface area contributed by atoms with Crippen LogP contribution in [0, 0.1) is 0 Å². The SMILES string of the molecule is COc1cc(-c2nc(C(=O)O)n3ccccc23)sn1. The lowest BCUT2D eigenvalue weighted by Gasteiger charge is -1.95. The van der Waals surface area contributed by atoms with Crippen molar-refractivity contribution >= 4 is 23.0 Å². The fourth-order valence-corrected chi connectivity index (χ4v) is 2.54. The number of carbonyl (C=O) groups is 1. The molecular weight excluding hydrogens is 266 g/mol. The number of carboxylic acid groups (broad SMARTS) is 1. The third-order valence-electron chi connectivity index (χ3n) is 2.67. The van der Waals surface area contributed by atoms with Crippen molar-refractivity contribution in [3.8, 4) is 16.5 Å². The van der Waals surface area contributed by atoms with Crippen LogP contribution in [-0.2, 0) is 0 Å². The van der Waals surface area contributed by atoms with E-state index in [-0.39, 0.29) is 5.82 Å². The monoisotopic (exact) mass is 275 g/mol. The Bertz CT molecular complexity index is 763. The summed E-state index contributed by atoms with van der Waals surface area (Å²) in [5.74, 6) is -0.587. The maximum atomic E-state index is 11.2. The van der Waals surface area contributed by atoms with Crippen LogP contribution < -0.4 is 4.74 Å². The zero-order valence-corrected chi connectivity index (χ0v) is 10.7. The second kappa shape index (κ2) is 4.36. The molecule has 1 N–H and O–H groups in total. The smallest absolute Gasteiger partial charge is 0.372 e. The highest BCUT2D eigenvalue weighted by atomic mass is 32.1. The third-order valence-corrected chi connectivity index (χ3v) is 3.45. The van der Waals surface area contributed by atoms with Crippen LogP contribution in [0.3, 0.4) is 0 Å². The van der Waals surface area contributed by atoms with Gasteiger partial charge < -0.3 is 9.84 Å². The molecule has 3 rings (SSSR count). The van der Waals surface area contributed by atoms with E-state index in [1.54, 1.807) is 22.7 Å². The Labute approximate surface area is 112 Å². The molecule has 0 bridgehead atoms. The maximum Gasteiger partial charge on any atom is 0.372 e. The number of methoxy groups -OCH3 is 1. The molecule has 3 aromatic rings. The number of ether oxygens (including phenoxy) is 1. The molecule has 0 saturated carbocycles. The van der Waals surface area contributed by atoms with Crippen molar-refractivity contribution in [3.63, 3.8) is 0 Å². The van der Waals surface area contributed by atoms with Gasteiger partial charge in [-0.15, -0.1) is 0 Å². The van der Waals surface area contributed by atoms with E-state index >= 15 is 0 Å². The lowest BCUT2D eigenvalue weighted by molar-refractivity contribution is 0.0683. The van der Waals surface area contributed by atoms with Gasteiger partial charge in [0.1, 0.15) is 5.69 Å². The molecule has 96 valence electrons. The van der Waals surface area contributed by atoms with Crippen LogP contribution in [0.2, 0.25) is 0 Å². The van der Waals surface area contributed by atoms with Crippen molar-refractivity contribution < 1.29 is 14.6 Å². The fraction of sp³-hybridized carbons (Fsp3) is 0.0833. The summed E-state index contributed by atoms with van der Waals surface area (Å²) in [4.78, 5) is 16.2. The molecule has 0 aliphatic rings. The van der Waals surface area contributed by atoms with E-state index < -0.39 is 5.97 Å². The number of aromatic carboxylic acids is 1. The van der Waals surface area contributed by atoms with Crippen molar-refractivity contribution in [2.45, 2.75) is 0 Å². The summed E-state index contributed by atoms with van der Waals surface area (Å²) in [5.41, 5.74) is 1.32. The summed E-state index contributed by atoms with van der Waals surface area (Å²) in [6.45, 7) is 0. The zero-order chi connectivity index (χ0) is 13.4. The highest BCUT2D eigenvalue weighted by Gasteiger charge is 2.18. The van der Waals surface area contributed by atoms with Crippen LogP contribution in [0.1, 0.15) is 10.6 Å². The lowest BCUT2D eigenvalue weighted by Crippen LogP contribution is -2.02. The van der Waals surface area contributed by atoms with Crippen molar-refractivity contribution in [3.05, 3.63) is 36.3 Å². The van der Waals surface area contributed by atoms with Gasteiger partial charge in [0.05, 0.1) is 17.5 Å². The van der Waals surface area contributed by atoms with Gasteiger partial charge in [-0.1, -0.05) is 6.07 Å². The van der Waals surface area contributed by atoms with Gasteiger partial charge in [0.15, 0.2) is 0 Å². The zero-order valence-electron chi connectivity index (χ0n) is 9.90. The maximum absolute atomic E-state index is 11.2. The number of nitrogens with zero attached hydrogens (tertiary/aromatic N) is 3. The fourth-order valence-electron chi connectivity index (χ4n) is 1.84. The minimum atomic E-state index is -1.07. The van der Waals surface area contributed by atoms with Gasteiger partial charge in [0, 0.05) is 12.3 Å². The summed E-state index contributed by atoms with van der Waals surface area (Å²) in [6.07, 6.45) is 1.67. The molecule has 0 radical (unpaired) electrons. The molecule has 0 spiro atoms. The Morgan fingerprint density at radius 1 is 1.47 bits per heavy atom. The van der Waals surface area contributed by atoms with E-state index in [0.29, 0.717) is 11.6 Å². The number of fused-ring (bicyclic) bond motifs is 1. The topological polar surface area (TPSA) is 76.7 Å². The Morgan fingerprint density at radius 2 is 2.32 bits per heavy atom. The van der Waals surface area contributed by atoms with E-state index in [9.17, 15) is 9.90 Å². The van der Waals surface area contributed by atoms with Gasteiger partial charge in [-0.3, -0.25) is 4.40 Å². The first-order valence-electron chi connectivity index (χ1n) is 5.42. The van der Waals surface area contributed by atoms with E-state index in [4.69, 9.17) is 4.74 Å². The first-order valence-corrected chi connectivity index (χ1v) is 6.19. The molecule has 0 saturated heterocycles. The second-order valence-corrected chi connectivity index (χ2v) is 4.58. The molecule has 0 amide bonds. The van der Waals surface area contributed by atoms with Gasteiger partial charge in [0.25, 0.3) is 0 Å². The first-order chi connectivity index (χ1) is 9.20. The third kappa shape index (κ3) is 1.84. The quantitative estimate of drug-likeness (QED) is 0.792. The molecule has 0 unspecified atom stereocenters. The number of hydrogen-bond acceptors (Lipinski definition) is 5. The van der Waals surface area contributed by atoms with Crippen molar-refractivity contribution in [2.75, 3.05) is 7.11 Å². The average molecular weight is 275 g/mol. The van der Waals surface area contributed by atoms with Crippen molar-refractivity contribution in [2.24, 2.45) is 0 Å². The van der Waals surface area contributed by atoms with Crippen molar-refractivity contribution in [1.82, 2.24) is 13.8 Å². The molecule has 19 heavy (non-hydrogen) atoms. The van der Waals surface area contributed by atoms with Crippen LogP contribution >= 0.6 is 11.5 Å². The highest BCUT2D eigenvalue weighted by molar-refractivity contribution is 7.09. The molecule has 0 aromatic carbocycles. The second-order valence-electron chi connectivity index (χ2n) is 3.78. The summed E-state index contributed by atoms with van der Waals surface area (Å²) in [5, 5.41) is 9.17. The predicted molar refractivity (Wildman–Crippen MR) is 69.8 cm³/mol. The number of hydrogen-bond donors (Lipinski definition) is 1. The lowest BCUT2D eigenvalue weighted by atomic mass is 10.3. The number of carboxylic acids is 1. The Morgan fingerprint density at radius 3 is 3.00 bits per heavy atom. The van der Waals surface area contributed by atoms with E-state index in [0.717, 1.165) is 10.4 Å². The normalized spacial score (nSPS) is 10.8. The van der Waals surface area contributed by atoms with Gasteiger partial charge >= 0.3 is 5.97 Å². The van der Waals surface area contributed by atoms with Gasteiger partial charge in [-0.2, -0.15) is 4.37 Å². The molecule has 0 aliphatic heterocycles. The predicted octanol–water partition coefficient (Wildman–Crippen LogP) is 2.16. The number of pyridine rings is 1. The molecule has 0 aliphatic carbocycles. The molecule has 3 heterocycles. The number of imidazole rings is 1. The van der Waals surface area contributed by atoms with Crippen molar-refractivity contribution in [1.29, 1.82) is 0 Å². The molecule has 6 nitrogen and oxygen atoms in total. The number of aromatic nitrogens is 3. The van der Waals surface area contributed by atoms with Gasteiger partial charge in [-0.25, -0.2) is 9.78 Å². The van der Waals surface area contributed by atoms with Crippen LogP contribution in [0.25, 0.3) is 16.1 Å². The van der Waals surface area contributed by atoms with E-state index in [1.807, 2.05) is 12.1 Å². The van der Waals surface area contributed by atoms with E-state index in [1.165, 1.54) is 18.6 Å². The Hall–Kier alpha value is -2.41. The van der Waals surface area contributed by atoms with Crippen LogP contribution in [0.15, 0.2) is 30.5 Å². The summed E-state index contributed by atoms with van der Waals surface area (Å²) < 4.78 is 10.7. The van der Waals surface area contributed by atoms with Crippen LogP contribution in [0.5, 0.6) is 5.88 Å². The number of rotatable bonds is 3. The average Bonchev–Trinajstić information content (AvgIpc) is 3.02. The summed E-state index contributed by atoms with van der Waals surface area (Å²) in [6, 6.07) is 7.16.